The van der Waals surface area contributed by atoms with Crippen molar-refractivity contribution in [3.63, 3.8) is 0 Å². The van der Waals surface area contributed by atoms with Gasteiger partial charge in [-0.25, -0.2) is 0 Å². The number of halogens is 1. The SMILES string of the molecule is CC(=O)N(CCN(C)C)Cc1ccc(OS(=O)(=O)c2c(C)cccc2Cl)cc1. The van der Waals surface area contributed by atoms with Crippen molar-refractivity contribution < 1.29 is 17.4 Å². The standard InChI is InChI=1S/C20H25ClN2O4S/c1-15-6-5-7-19(21)20(15)28(25,26)27-18-10-8-17(9-11-18)14-23(16(2)24)13-12-22(3)4/h5-11H,12-14H2,1-4H3. The number of likely N-dealkylation sites (N-methyl/N-ethyl adjacent to an activating group) is 1. The Bertz CT molecular complexity index is 907. The normalized spacial score (nSPS) is 11.5. The highest BCUT2D eigenvalue weighted by Gasteiger charge is 2.22. The van der Waals surface area contributed by atoms with Gasteiger partial charge in [0.15, 0.2) is 0 Å². The Hall–Kier alpha value is -2.09. The zero-order valence-electron chi connectivity index (χ0n) is 16.5. The van der Waals surface area contributed by atoms with E-state index in [-0.39, 0.29) is 21.6 Å². The van der Waals surface area contributed by atoms with Crippen LogP contribution in [0.2, 0.25) is 5.02 Å². The third kappa shape index (κ3) is 5.95. The van der Waals surface area contributed by atoms with Gasteiger partial charge in [-0.05, 0) is 50.3 Å². The quantitative estimate of drug-likeness (QED) is 0.608. The van der Waals surface area contributed by atoms with Gasteiger partial charge in [-0.3, -0.25) is 4.79 Å². The van der Waals surface area contributed by atoms with Crippen molar-refractivity contribution in [2.75, 3.05) is 27.2 Å². The number of hydrogen-bond acceptors (Lipinski definition) is 5. The molecule has 0 aliphatic heterocycles. The summed E-state index contributed by atoms with van der Waals surface area (Å²) in [6.45, 7) is 5.01. The van der Waals surface area contributed by atoms with E-state index in [4.69, 9.17) is 15.8 Å². The average Bonchev–Trinajstić information content (AvgIpc) is 2.59. The predicted molar refractivity (Wildman–Crippen MR) is 110 cm³/mol. The molecule has 0 unspecified atom stereocenters. The van der Waals surface area contributed by atoms with Crippen LogP contribution in [0.5, 0.6) is 5.75 Å². The molecule has 2 aromatic rings. The number of hydrogen-bond donors (Lipinski definition) is 0. The van der Waals surface area contributed by atoms with E-state index in [1.165, 1.54) is 13.0 Å². The van der Waals surface area contributed by atoms with E-state index < -0.39 is 10.1 Å². The van der Waals surface area contributed by atoms with E-state index in [0.29, 0.717) is 18.7 Å². The fourth-order valence-electron chi connectivity index (χ4n) is 2.64. The highest BCUT2D eigenvalue weighted by atomic mass is 35.5. The van der Waals surface area contributed by atoms with Crippen LogP contribution in [0.15, 0.2) is 47.4 Å². The fraction of sp³-hybridized carbons (Fsp3) is 0.350. The van der Waals surface area contributed by atoms with Crippen molar-refractivity contribution in [3.8, 4) is 5.75 Å². The van der Waals surface area contributed by atoms with E-state index in [2.05, 4.69) is 0 Å². The van der Waals surface area contributed by atoms with Gasteiger partial charge in [0, 0.05) is 26.6 Å². The first kappa shape index (κ1) is 22.2. The van der Waals surface area contributed by atoms with Gasteiger partial charge in [0.05, 0.1) is 5.02 Å². The molecule has 2 aromatic carbocycles. The first-order valence-electron chi connectivity index (χ1n) is 8.79. The fourth-order valence-corrected chi connectivity index (χ4v) is 4.36. The molecule has 6 nitrogen and oxygen atoms in total. The topological polar surface area (TPSA) is 66.9 Å². The molecule has 0 aromatic heterocycles. The van der Waals surface area contributed by atoms with Crippen molar-refractivity contribution in [1.29, 1.82) is 0 Å². The van der Waals surface area contributed by atoms with E-state index in [0.717, 1.165) is 12.1 Å². The Balaban J connectivity index is 2.13. The summed E-state index contributed by atoms with van der Waals surface area (Å²) in [5.41, 5.74) is 1.40. The Labute approximate surface area is 171 Å². The second kappa shape index (κ2) is 9.41. The molecule has 0 saturated heterocycles. The highest BCUT2D eigenvalue weighted by Crippen LogP contribution is 2.28. The summed E-state index contributed by atoms with van der Waals surface area (Å²) < 4.78 is 30.4. The van der Waals surface area contributed by atoms with E-state index in [1.54, 1.807) is 48.2 Å². The molecule has 0 heterocycles. The third-order valence-corrected chi connectivity index (χ3v) is 6.06. The van der Waals surface area contributed by atoms with Crippen molar-refractivity contribution in [2.45, 2.75) is 25.3 Å². The molecule has 0 aliphatic carbocycles. The Morgan fingerprint density at radius 2 is 1.71 bits per heavy atom. The molecule has 0 fully saturated rings. The van der Waals surface area contributed by atoms with Gasteiger partial charge in [-0.1, -0.05) is 35.9 Å². The summed E-state index contributed by atoms with van der Waals surface area (Å²) in [6, 6.07) is 11.5. The molecule has 0 N–H and O–H groups in total. The van der Waals surface area contributed by atoms with Crippen molar-refractivity contribution in [1.82, 2.24) is 9.80 Å². The third-order valence-electron chi connectivity index (χ3n) is 4.18. The lowest BCUT2D eigenvalue weighted by atomic mass is 10.2. The number of amides is 1. The Morgan fingerprint density at radius 3 is 2.25 bits per heavy atom. The number of rotatable bonds is 8. The van der Waals surface area contributed by atoms with Crippen LogP contribution < -0.4 is 4.18 Å². The van der Waals surface area contributed by atoms with Crippen LogP contribution in [0.25, 0.3) is 0 Å². The zero-order valence-corrected chi connectivity index (χ0v) is 18.0. The minimum absolute atomic E-state index is 0.0149. The first-order chi connectivity index (χ1) is 13.1. The number of nitrogens with zero attached hydrogens (tertiary/aromatic N) is 2. The van der Waals surface area contributed by atoms with Crippen LogP contribution >= 0.6 is 11.6 Å². The summed E-state index contributed by atoms with van der Waals surface area (Å²) in [7, 11) is -0.144. The maximum absolute atomic E-state index is 12.6. The summed E-state index contributed by atoms with van der Waals surface area (Å²) in [4.78, 5) is 15.5. The molecule has 2 rings (SSSR count). The highest BCUT2D eigenvalue weighted by molar-refractivity contribution is 7.87. The molecule has 152 valence electrons. The van der Waals surface area contributed by atoms with Gasteiger partial charge in [-0.2, -0.15) is 8.42 Å². The summed E-state index contributed by atoms with van der Waals surface area (Å²) >= 11 is 6.04. The number of carbonyl (C=O) groups excluding carboxylic acids is 1. The number of aryl methyl sites for hydroxylation is 1. The van der Waals surface area contributed by atoms with Gasteiger partial charge < -0.3 is 14.0 Å². The summed E-state index contributed by atoms with van der Waals surface area (Å²) in [6.07, 6.45) is 0. The minimum Gasteiger partial charge on any atom is -0.379 e. The molecule has 0 spiro atoms. The minimum atomic E-state index is -4.04. The van der Waals surface area contributed by atoms with E-state index >= 15 is 0 Å². The van der Waals surface area contributed by atoms with Gasteiger partial charge in [0.1, 0.15) is 10.6 Å². The lowest BCUT2D eigenvalue weighted by Gasteiger charge is -2.23. The summed E-state index contributed by atoms with van der Waals surface area (Å²) in [5, 5.41) is 0.120. The van der Waals surface area contributed by atoms with Crippen molar-refractivity contribution >= 4 is 27.6 Å². The lowest BCUT2D eigenvalue weighted by molar-refractivity contribution is -0.129. The maximum Gasteiger partial charge on any atom is 0.340 e. The predicted octanol–water partition coefficient (Wildman–Crippen LogP) is 3.33. The zero-order chi connectivity index (χ0) is 20.9. The van der Waals surface area contributed by atoms with Crippen molar-refractivity contribution in [3.05, 3.63) is 58.6 Å². The number of carbonyl (C=O) groups is 1. The van der Waals surface area contributed by atoms with Crippen LogP contribution in [-0.4, -0.2) is 51.3 Å². The van der Waals surface area contributed by atoms with Crippen LogP contribution in [-0.2, 0) is 21.5 Å². The van der Waals surface area contributed by atoms with Crippen LogP contribution in [0, 0.1) is 6.92 Å². The largest absolute Gasteiger partial charge is 0.379 e. The van der Waals surface area contributed by atoms with Gasteiger partial charge in [0.25, 0.3) is 0 Å². The maximum atomic E-state index is 12.6. The van der Waals surface area contributed by atoms with Gasteiger partial charge in [-0.15, -0.1) is 0 Å². The second-order valence-electron chi connectivity index (χ2n) is 6.81. The van der Waals surface area contributed by atoms with E-state index in [1.807, 2.05) is 19.0 Å². The van der Waals surface area contributed by atoms with Crippen LogP contribution in [0.3, 0.4) is 0 Å². The molecule has 8 heteroatoms. The molecular formula is C20H25ClN2O4S. The summed E-state index contributed by atoms with van der Waals surface area (Å²) in [5.74, 6) is 0.171. The van der Waals surface area contributed by atoms with Crippen LogP contribution in [0.1, 0.15) is 18.1 Å². The molecule has 0 aliphatic rings. The Morgan fingerprint density at radius 1 is 1.07 bits per heavy atom. The number of benzene rings is 2. The van der Waals surface area contributed by atoms with Gasteiger partial charge >= 0.3 is 10.1 Å². The molecule has 0 bridgehead atoms. The smallest absolute Gasteiger partial charge is 0.340 e. The lowest BCUT2D eigenvalue weighted by Crippen LogP contribution is -2.34. The van der Waals surface area contributed by atoms with Crippen molar-refractivity contribution in [2.24, 2.45) is 0 Å². The molecular weight excluding hydrogens is 400 g/mol. The van der Waals surface area contributed by atoms with Gasteiger partial charge in [0.2, 0.25) is 5.91 Å². The molecule has 1 amide bonds. The monoisotopic (exact) mass is 424 g/mol. The first-order valence-corrected chi connectivity index (χ1v) is 10.6. The molecule has 28 heavy (non-hydrogen) atoms. The van der Waals surface area contributed by atoms with E-state index in [9.17, 15) is 13.2 Å². The average molecular weight is 425 g/mol. The molecule has 0 radical (unpaired) electrons. The molecule has 0 saturated carbocycles. The Kier molecular flexibility index (Phi) is 7.46. The molecule has 0 atom stereocenters. The second-order valence-corrected chi connectivity index (χ2v) is 8.70. The van der Waals surface area contributed by atoms with Crippen LogP contribution in [0.4, 0.5) is 0 Å².